The van der Waals surface area contributed by atoms with Gasteiger partial charge in [0.2, 0.25) is 5.91 Å². The molecule has 1 amide bonds. The van der Waals surface area contributed by atoms with Crippen LogP contribution in [0.2, 0.25) is 0 Å². The van der Waals surface area contributed by atoms with Crippen LogP contribution in [-0.2, 0) is 11.2 Å². The lowest BCUT2D eigenvalue weighted by Gasteiger charge is -2.18. The maximum absolute atomic E-state index is 12.4. The third-order valence-electron chi connectivity index (χ3n) is 4.74. The first-order valence-corrected chi connectivity index (χ1v) is 8.90. The average Bonchev–Trinajstić information content (AvgIpc) is 3.15. The number of carbonyl (C=O) groups is 1. The Morgan fingerprint density at radius 2 is 1.79 bits per heavy atom. The second-order valence-electron chi connectivity index (χ2n) is 6.60. The van der Waals surface area contributed by atoms with Crippen molar-refractivity contribution in [2.24, 2.45) is 0 Å². The van der Waals surface area contributed by atoms with Gasteiger partial charge in [-0.2, -0.15) is 0 Å². The minimum absolute atomic E-state index is 0.147. The van der Waals surface area contributed by atoms with Gasteiger partial charge in [0.1, 0.15) is 0 Å². The molecule has 2 aromatic carbocycles. The summed E-state index contributed by atoms with van der Waals surface area (Å²) in [5.41, 5.74) is 2.51. The molecule has 1 heterocycles. The largest absolute Gasteiger partial charge is 0.355 e. The Labute approximate surface area is 144 Å². The zero-order chi connectivity index (χ0) is 16.6. The second kappa shape index (κ2) is 8.65. The highest BCUT2D eigenvalue weighted by molar-refractivity contribution is 5.77. The fourth-order valence-corrected chi connectivity index (χ4v) is 3.40. The molecule has 0 bridgehead atoms. The fourth-order valence-electron chi connectivity index (χ4n) is 3.40. The van der Waals surface area contributed by atoms with E-state index in [2.05, 4.69) is 47.0 Å². The van der Waals surface area contributed by atoms with Crippen molar-refractivity contribution in [3.05, 3.63) is 71.8 Å². The number of hydrogen-bond donors (Lipinski definition) is 2. The smallest absolute Gasteiger partial charge is 0.220 e. The number of carbonyl (C=O) groups excluding carboxylic acids is 1. The van der Waals surface area contributed by atoms with E-state index in [1.165, 1.54) is 17.5 Å². The zero-order valence-electron chi connectivity index (χ0n) is 14.1. The van der Waals surface area contributed by atoms with Crippen LogP contribution in [0.15, 0.2) is 60.7 Å². The van der Waals surface area contributed by atoms with Crippen LogP contribution in [0.1, 0.15) is 36.3 Å². The number of benzene rings is 2. The Hall–Kier alpha value is -2.13. The van der Waals surface area contributed by atoms with E-state index in [9.17, 15) is 4.79 Å². The maximum atomic E-state index is 12.4. The third kappa shape index (κ3) is 4.93. The van der Waals surface area contributed by atoms with Gasteiger partial charge < -0.3 is 10.6 Å². The first kappa shape index (κ1) is 16.7. The van der Waals surface area contributed by atoms with Crippen molar-refractivity contribution in [1.82, 2.24) is 10.6 Å². The van der Waals surface area contributed by atoms with Gasteiger partial charge in [0, 0.05) is 19.0 Å². The van der Waals surface area contributed by atoms with Crippen LogP contribution in [0.3, 0.4) is 0 Å². The van der Waals surface area contributed by atoms with Crippen LogP contribution >= 0.6 is 0 Å². The lowest BCUT2D eigenvalue weighted by atomic mass is 9.89. The van der Waals surface area contributed by atoms with Crippen molar-refractivity contribution in [2.75, 3.05) is 13.1 Å². The van der Waals surface area contributed by atoms with E-state index in [0.29, 0.717) is 12.5 Å². The van der Waals surface area contributed by atoms with Gasteiger partial charge in [0.15, 0.2) is 0 Å². The Bertz CT molecular complexity index is 621. The van der Waals surface area contributed by atoms with Gasteiger partial charge in [0.25, 0.3) is 0 Å². The summed E-state index contributed by atoms with van der Waals surface area (Å²) in [6.07, 6.45) is 3.79. The highest BCUT2D eigenvalue weighted by Gasteiger charge is 2.19. The summed E-state index contributed by atoms with van der Waals surface area (Å²) in [6, 6.07) is 21.2. The summed E-state index contributed by atoms with van der Waals surface area (Å²) >= 11 is 0. The van der Waals surface area contributed by atoms with Gasteiger partial charge in [-0.3, -0.25) is 4.79 Å². The molecule has 0 radical (unpaired) electrons. The van der Waals surface area contributed by atoms with Crippen molar-refractivity contribution < 1.29 is 4.79 Å². The summed E-state index contributed by atoms with van der Waals surface area (Å²) in [4.78, 5) is 12.4. The van der Waals surface area contributed by atoms with Crippen molar-refractivity contribution in [3.63, 3.8) is 0 Å². The highest BCUT2D eigenvalue weighted by Crippen LogP contribution is 2.24. The van der Waals surface area contributed by atoms with Crippen molar-refractivity contribution in [3.8, 4) is 0 Å². The third-order valence-corrected chi connectivity index (χ3v) is 4.74. The average molecular weight is 322 g/mol. The van der Waals surface area contributed by atoms with E-state index in [-0.39, 0.29) is 11.8 Å². The topological polar surface area (TPSA) is 41.1 Å². The van der Waals surface area contributed by atoms with Gasteiger partial charge in [-0.15, -0.1) is 0 Å². The molecule has 3 rings (SSSR count). The summed E-state index contributed by atoms with van der Waals surface area (Å²) in [6.45, 7) is 1.81. The molecule has 3 heteroatoms. The van der Waals surface area contributed by atoms with Gasteiger partial charge in [-0.1, -0.05) is 60.7 Å². The van der Waals surface area contributed by atoms with E-state index in [4.69, 9.17) is 0 Å². The van der Waals surface area contributed by atoms with Crippen molar-refractivity contribution in [1.29, 1.82) is 0 Å². The predicted octanol–water partition coefficient (Wildman–Crippen LogP) is 3.27. The summed E-state index contributed by atoms with van der Waals surface area (Å²) in [7, 11) is 0. The second-order valence-corrected chi connectivity index (χ2v) is 6.60. The number of hydrogen-bond acceptors (Lipinski definition) is 2. The first-order chi connectivity index (χ1) is 11.8. The molecule has 24 heavy (non-hydrogen) atoms. The molecule has 0 spiro atoms. The molecular weight excluding hydrogens is 296 g/mol. The molecule has 1 fully saturated rings. The molecule has 0 saturated carbocycles. The molecule has 1 aliphatic heterocycles. The van der Waals surface area contributed by atoms with Crippen LogP contribution in [0.4, 0.5) is 0 Å². The maximum Gasteiger partial charge on any atom is 0.220 e. The van der Waals surface area contributed by atoms with E-state index in [0.717, 1.165) is 25.9 Å². The monoisotopic (exact) mass is 322 g/mol. The number of nitrogens with one attached hydrogen (secondary N) is 2. The van der Waals surface area contributed by atoms with Crippen LogP contribution in [0.5, 0.6) is 0 Å². The molecule has 0 aliphatic carbocycles. The molecule has 126 valence electrons. The van der Waals surface area contributed by atoms with Gasteiger partial charge in [0.05, 0.1) is 0 Å². The van der Waals surface area contributed by atoms with Crippen molar-refractivity contribution >= 4 is 5.91 Å². The summed E-state index contributed by atoms with van der Waals surface area (Å²) in [5, 5.41) is 6.53. The summed E-state index contributed by atoms with van der Waals surface area (Å²) in [5.74, 6) is 0.360. The fraction of sp³-hybridized carbons (Fsp3) is 0.381. The molecule has 2 atom stereocenters. The van der Waals surface area contributed by atoms with E-state index in [1.807, 2.05) is 24.3 Å². The normalized spacial score (nSPS) is 18.2. The molecular formula is C21H26N2O. The molecule has 2 aromatic rings. The molecule has 3 nitrogen and oxygen atoms in total. The standard InChI is InChI=1S/C21H26N2O/c24-21(23-16-20-12-7-13-22-20)15-19(18-10-5-2-6-11-18)14-17-8-3-1-4-9-17/h1-6,8-11,19-20,22H,7,12-16H2,(H,23,24). The van der Waals surface area contributed by atoms with Gasteiger partial charge >= 0.3 is 0 Å². The number of amides is 1. The lowest BCUT2D eigenvalue weighted by Crippen LogP contribution is -2.37. The van der Waals surface area contributed by atoms with Crippen LogP contribution in [0, 0.1) is 0 Å². The quantitative estimate of drug-likeness (QED) is 0.821. The van der Waals surface area contributed by atoms with Gasteiger partial charge in [-0.25, -0.2) is 0 Å². The minimum Gasteiger partial charge on any atom is -0.355 e. The van der Waals surface area contributed by atoms with E-state index < -0.39 is 0 Å². The molecule has 0 aromatic heterocycles. The molecule has 2 N–H and O–H groups in total. The molecule has 2 unspecified atom stereocenters. The highest BCUT2D eigenvalue weighted by atomic mass is 16.1. The Morgan fingerprint density at radius 3 is 2.46 bits per heavy atom. The van der Waals surface area contributed by atoms with E-state index >= 15 is 0 Å². The lowest BCUT2D eigenvalue weighted by molar-refractivity contribution is -0.121. The van der Waals surface area contributed by atoms with Crippen molar-refractivity contribution in [2.45, 2.75) is 37.6 Å². The van der Waals surface area contributed by atoms with Crippen LogP contribution in [-0.4, -0.2) is 25.0 Å². The Kier molecular flexibility index (Phi) is 6.02. The van der Waals surface area contributed by atoms with Gasteiger partial charge in [-0.05, 0) is 42.9 Å². The SMILES string of the molecule is O=C(CC(Cc1ccccc1)c1ccccc1)NCC1CCCN1. The van der Waals surface area contributed by atoms with Crippen LogP contribution < -0.4 is 10.6 Å². The van der Waals surface area contributed by atoms with E-state index in [1.54, 1.807) is 0 Å². The molecule has 1 saturated heterocycles. The summed E-state index contributed by atoms with van der Waals surface area (Å²) < 4.78 is 0. The minimum atomic E-state index is 0.147. The Morgan fingerprint density at radius 1 is 1.08 bits per heavy atom. The van der Waals surface area contributed by atoms with Crippen LogP contribution in [0.25, 0.3) is 0 Å². The zero-order valence-corrected chi connectivity index (χ0v) is 14.1. The Balaban J connectivity index is 1.62. The predicted molar refractivity (Wildman–Crippen MR) is 98.0 cm³/mol. The first-order valence-electron chi connectivity index (χ1n) is 8.90. The number of rotatable bonds is 7. The molecule has 1 aliphatic rings.